The Morgan fingerprint density at radius 2 is 1.90 bits per heavy atom. The molecular weight excluding hydrogens is 371 g/mol. The van der Waals surface area contributed by atoms with Gasteiger partial charge in [0, 0.05) is 25.0 Å². The van der Waals surface area contributed by atoms with Crippen LogP contribution in [0.3, 0.4) is 0 Å². The van der Waals surface area contributed by atoms with E-state index < -0.39 is 6.04 Å². The number of aromatic nitrogens is 5. The Morgan fingerprint density at radius 1 is 1.14 bits per heavy atom. The summed E-state index contributed by atoms with van der Waals surface area (Å²) in [6, 6.07) is 12.8. The fraction of sp³-hybridized carbons (Fsp3) is 0.143. The quantitative estimate of drug-likeness (QED) is 0.549. The van der Waals surface area contributed by atoms with Crippen LogP contribution in [0.4, 0.5) is 4.39 Å². The van der Waals surface area contributed by atoms with Gasteiger partial charge < -0.3 is 9.88 Å². The minimum absolute atomic E-state index is 0.241. The van der Waals surface area contributed by atoms with Crippen LogP contribution in [-0.4, -0.2) is 30.2 Å². The summed E-state index contributed by atoms with van der Waals surface area (Å²) in [5, 5.41) is 7.08. The molecule has 4 rings (SSSR count). The number of nitrogens with zero attached hydrogens (tertiary/aromatic N) is 5. The van der Waals surface area contributed by atoms with Gasteiger partial charge in [0.15, 0.2) is 0 Å². The Balaban J connectivity index is 1.55. The van der Waals surface area contributed by atoms with Gasteiger partial charge >= 0.3 is 0 Å². The van der Waals surface area contributed by atoms with Crippen LogP contribution >= 0.6 is 0 Å². The highest BCUT2D eigenvalue weighted by atomic mass is 19.1. The van der Waals surface area contributed by atoms with E-state index >= 15 is 0 Å². The summed E-state index contributed by atoms with van der Waals surface area (Å²) < 4.78 is 16.9. The fourth-order valence-electron chi connectivity index (χ4n) is 3.08. The number of imidazole rings is 1. The van der Waals surface area contributed by atoms with Gasteiger partial charge in [-0.15, -0.1) is 0 Å². The zero-order valence-corrected chi connectivity index (χ0v) is 15.7. The highest BCUT2D eigenvalue weighted by molar-refractivity contribution is 5.94. The van der Waals surface area contributed by atoms with E-state index in [9.17, 15) is 9.18 Å². The molecule has 0 aliphatic heterocycles. The van der Waals surface area contributed by atoms with Crippen molar-refractivity contribution in [3.8, 4) is 0 Å². The Labute approximate surface area is 166 Å². The van der Waals surface area contributed by atoms with Crippen LogP contribution in [0.2, 0.25) is 0 Å². The molecule has 7 nitrogen and oxygen atoms in total. The highest BCUT2D eigenvalue weighted by Gasteiger charge is 2.21. The molecule has 0 saturated heterocycles. The minimum atomic E-state index is -0.502. The molecule has 0 radical (unpaired) electrons. The van der Waals surface area contributed by atoms with Gasteiger partial charge in [-0.05, 0) is 35.4 Å². The Morgan fingerprint density at radius 3 is 2.52 bits per heavy atom. The molecule has 2 aromatic heterocycles. The second-order valence-electron chi connectivity index (χ2n) is 6.64. The molecule has 0 spiro atoms. The molecule has 0 aliphatic carbocycles. The number of rotatable bonds is 6. The summed E-state index contributed by atoms with van der Waals surface area (Å²) in [6.07, 6.45) is 6.59. The van der Waals surface area contributed by atoms with Crippen molar-refractivity contribution in [2.75, 3.05) is 0 Å². The first-order valence-electron chi connectivity index (χ1n) is 9.05. The van der Waals surface area contributed by atoms with Crippen molar-refractivity contribution in [3.63, 3.8) is 0 Å². The first kappa shape index (κ1) is 18.5. The van der Waals surface area contributed by atoms with Crippen molar-refractivity contribution in [2.24, 2.45) is 7.05 Å². The summed E-state index contributed by atoms with van der Waals surface area (Å²) in [5.74, 6) is 0.0871. The standard InChI is InChI=1S/C21H19FN6O/c1-27-11-10-24-20(27)19(16-6-8-18(22)9-7-16)26-21(29)17-4-2-15(3-5-17)12-28-14-23-13-25-28/h2-11,13-14,19H,12H2,1H3,(H,26,29). The fourth-order valence-corrected chi connectivity index (χ4v) is 3.08. The summed E-state index contributed by atoms with van der Waals surface area (Å²) in [5.41, 5.74) is 2.27. The first-order chi connectivity index (χ1) is 14.1. The van der Waals surface area contributed by atoms with Gasteiger partial charge in [0.25, 0.3) is 5.91 Å². The number of carbonyl (C=O) groups is 1. The van der Waals surface area contributed by atoms with E-state index in [-0.39, 0.29) is 11.7 Å². The van der Waals surface area contributed by atoms with Gasteiger partial charge in [0.05, 0.1) is 6.54 Å². The van der Waals surface area contributed by atoms with Gasteiger partial charge in [-0.3, -0.25) is 4.79 Å². The second kappa shape index (κ2) is 8.05. The predicted molar refractivity (Wildman–Crippen MR) is 104 cm³/mol. The molecule has 4 aromatic rings. The number of hydrogen-bond donors (Lipinski definition) is 1. The average molecular weight is 390 g/mol. The van der Waals surface area contributed by atoms with Crippen molar-refractivity contribution in [1.29, 1.82) is 0 Å². The van der Waals surface area contributed by atoms with E-state index in [1.54, 1.807) is 47.7 Å². The van der Waals surface area contributed by atoms with Crippen molar-refractivity contribution >= 4 is 5.91 Å². The topological polar surface area (TPSA) is 77.6 Å². The van der Waals surface area contributed by atoms with Gasteiger partial charge in [-0.2, -0.15) is 5.10 Å². The van der Waals surface area contributed by atoms with Crippen LogP contribution in [0.1, 0.15) is 33.4 Å². The molecule has 2 aromatic carbocycles. The van der Waals surface area contributed by atoms with Crippen LogP contribution in [-0.2, 0) is 13.6 Å². The third-order valence-corrected chi connectivity index (χ3v) is 4.62. The van der Waals surface area contributed by atoms with Crippen LogP contribution in [0.15, 0.2) is 73.6 Å². The minimum Gasteiger partial charge on any atom is -0.338 e. The number of benzene rings is 2. The van der Waals surface area contributed by atoms with E-state index in [0.29, 0.717) is 17.9 Å². The van der Waals surface area contributed by atoms with Gasteiger partial charge in [0.1, 0.15) is 30.3 Å². The number of amides is 1. The Bertz CT molecular complexity index is 1090. The smallest absolute Gasteiger partial charge is 0.252 e. The molecule has 0 aliphatic rings. The molecule has 2 heterocycles. The lowest BCUT2D eigenvalue weighted by atomic mass is 10.0. The van der Waals surface area contributed by atoms with Crippen molar-refractivity contribution < 1.29 is 9.18 Å². The lowest BCUT2D eigenvalue weighted by molar-refractivity contribution is 0.0941. The SMILES string of the molecule is Cn1ccnc1C(NC(=O)c1ccc(Cn2cncn2)cc1)c1ccc(F)cc1. The summed E-state index contributed by atoms with van der Waals surface area (Å²) >= 11 is 0. The normalized spacial score (nSPS) is 11.9. The lowest BCUT2D eigenvalue weighted by Gasteiger charge is -2.19. The maximum absolute atomic E-state index is 13.4. The van der Waals surface area contributed by atoms with Crippen molar-refractivity contribution in [1.82, 2.24) is 29.6 Å². The molecule has 1 atom stereocenters. The molecule has 1 amide bonds. The number of aryl methyl sites for hydroxylation is 1. The number of nitrogens with one attached hydrogen (secondary N) is 1. The van der Waals surface area contributed by atoms with Gasteiger partial charge in [0.2, 0.25) is 0 Å². The number of halogens is 1. The van der Waals surface area contributed by atoms with E-state index in [1.165, 1.54) is 18.5 Å². The molecule has 1 unspecified atom stereocenters. The monoisotopic (exact) mass is 390 g/mol. The molecule has 0 fully saturated rings. The van der Waals surface area contributed by atoms with Crippen LogP contribution in [0.5, 0.6) is 0 Å². The summed E-state index contributed by atoms with van der Waals surface area (Å²) in [4.78, 5) is 21.2. The molecule has 146 valence electrons. The van der Waals surface area contributed by atoms with E-state index in [0.717, 1.165) is 11.1 Å². The average Bonchev–Trinajstić information content (AvgIpc) is 3.39. The van der Waals surface area contributed by atoms with Crippen LogP contribution in [0.25, 0.3) is 0 Å². The molecule has 0 saturated carbocycles. The molecule has 1 N–H and O–H groups in total. The summed E-state index contributed by atoms with van der Waals surface area (Å²) in [7, 11) is 1.85. The van der Waals surface area contributed by atoms with Gasteiger partial charge in [-0.25, -0.2) is 19.0 Å². The largest absolute Gasteiger partial charge is 0.338 e. The second-order valence-corrected chi connectivity index (χ2v) is 6.64. The molecule has 8 heteroatoms. The third kappa shape index (κ3) is 4.21. The Hall–Kier alpha value is -3.81. The van der Waals surface area contributed by atoms with Gasteiger partial charge in [-0.1, -0.05) is 24.3 Å². The zero-order chi connectivity index (χ0) is 20.2. The number of carbonyl (C=O) groups excluding carboxylic acids is 1. The van der Waals surface area contributed by atoms with Crippen LogP contribution in [0, 0.1) is 5.82 Å². The zero-order valence-electron chi connectivity index (χ0n) is 15.7. The maximum Gasteiger partial charge on any atom is 0.252 e. The molecular formula is C21H19FN6O. The number of hydrogen-bond acceptors (Lipinski definition) is 4. The van der Waals surface area contributed by atoms with Crippen molar-refractivity contribution in [3.05, 3.63) is 102 Å². The first-order valence-corrected chi connectivity index (χ1v) is 9.05. The molecule has 0 bridgehead atoms. The Kier molecular flexibility index (Phi) is 5.15. The van der Waals surface area contributed by atoms with E-state index in [4.69, 9.17) is 0 Å². The molecule has 29 heavy (non-hydrogen) atoms. The predicted octanol–water partition coefficient (Wildman–Crippen LogP) is 2.72. The summed E-state index contributed by atoms with van der Waals surface area (Å²) in [6.45, 7) is 0.577. The highest BCUT2D eigenvalue weighted by Crippen LogP contribution is 2.21. The lowest BCUT2D eigenvalue weighted by Crippen LogP contribution is -2.31. The van der Waals surface area contributed by atoms with Crippen LogP contribution < -0.4 is 5.32 Å². The van der Waals surface area contributed by atoms with Crippen molar-refractivity contribution in [2.45, 2.75) is 12.6 Å². The maximum atomic E-state index is 13.4. The van der Waals surface area contributed by atoms with E-state index in [1.807, 2.05) is 23.7 Å². The third-order valence-electron chi connectivity index (χ3n) is 4.62. The van der Waals surface area contributed by atoms with E-state index in [2.05, 4.69) is 20.4 Å².